The van der Waals surface area contributed by atoms with Gasteiger partial charge in [-0.25, -0.2) is 0 Å². The van der Waals surface area contributed by atoms with Crippen LogP contribution in [-0.4, -0.2) is 12.0 Å². The molecule has 0 radical (unpaired) electrons. The summed E-state index contributed by atoms with van der Waals surface area (Å²) < 4.78 is 5.14. The second-order valence-electron chi connectivity index (χ2n) is 3.80. The highest BCUT2D eigenvalue weighted by molar-refractivity contribution is 5.49. The predicted octanol–water partition coefficient (Wildman–Crippen LogP) is 1.55. The SMILES string of the molecule is COc1ccc([N+](=O)[O-])cc1C1(N)CC1. The summed E-state index contributed by atoms with van der Waals surface area (Å²) in [5, 5.41) is 10.6. The third-order valence-corrected chi connectivity index (χ3v) is 2.72. The molecule has 5 heteroatoms. The molecule has 2 rings (SSSR count). The molecule has 0 aliphatic heterocycles. The Morgan fingerprint density at radius 3 is 2.67 bits per heavy atom. The lowest BCUT2D eigenvalue weighted by Crippen LogP contribution is -2.19. The first kappa shape index (κ1) is 9.92. The molecule has 1 saturated carbocycles. The van der Waals surface area contributed by atoms with E-state index in [1.807, 2.05) is 0 Å². The monoisotopic (exact) mass is 208 g/mol. The number of methoxy groups -OCH3 is 1. The highest BCUT2D eigenvalue weighted by Crippen LogP contribution is 2.47. The minimum Gasteiger partial charge on any atom is -0.496 e. The number of ether oxygens (including phenoxy) is 1. The number of benzene rings is 1. The van der Waals surface area contributed by atoms with Crippen LogP contribution in [0.3, 0.4) is 0 Å². The van der Waals surface area contributed by atoms with Crippen LogP contribution in [0.25, 0.3) is 0 Å². The molecular weight excluding hydrogens is 196 g/mol. The first-order valence-corrected chi connectivity index (χ1v) is 4.68. The summed E-state index contributed by atoms with van der Waals surface area (Å²) in [5.74, 6) is 0.626. The van der Waals surface area contributed by atoms with Gasteiger partial charge in [0, 0.05) is 23.2 Å². The zero-order valence-corrected chi connectivity index (χ0v) is 8.40. The number of rotatable bonds is 3. The molecule has 1 aromatic rings. The molecule has 0 atom stereocenters. The highest BCUT2D eigenvalue weighted by atomic mass is 16.6. The standard InChI is InChI=1S/C10H12N2O3/c1-15-9-3-2-7(12(13)14)6-8(9)10(11)4-5-10/h2-3,6H,4-5,11H2,1H3. The van der Waals surface area contributed by atoms with Crippen LogP contribution in [0.15, 0.2) is 18.2 Å². The van der Waals surface area contributed by atoms with Gasteiger partial charge in [-0.05, 0) is 18.9 Å². The lowest BCUT2D eigenvalue weighted by Gasteiger charge is -2.13. The minimum atomic E-state index is -0.422. The van der Waals surface area contributed by atoms with E-state index in [-0.39, 0.29) is 5.69 Å². The van der Waals surface area contributed by atoms with Crippen molar-refractivity contribution in [2.45, 2.75) is 18.4 Å². The zero-order chi connectivity index (χ0) is 11.1. The predicted molar refractivity (Wildman–Crippen MR) is 54.7 cm³/mol. The van der Waals surface area contributed by atoms with Crippen molar-refractivity contribution in [2.24, 2.45) is 5.73 Å². The quantitative estimate of drug-likeness (QED) is 0.603. The Hall–Kier alpha value is -1.62. The van der Waals surface area contributed by atoms with Crippen molar-refractivity contribution in [3.8, 4) is 5.75 Å². The number of hydrogen-bond donors (Lipinski definition) is 1. The molecule has 0 heterocycles. The molecule has 0 unspecified atom stereocenters. The Kier molecular flexibility index (Phi) is 2.12. The van der Waals surface area contributed by atoms with Gasteiger partial charge in [-0.2, -0.15) is 0 Å². The molecule has 1 aliphatic rings. The first-order valence-electron chi connectivity index (χ1n) is 4.68. The molecule has 0 aromatic heterocycles. The highest BCUT2D eigenvalue weighted by Gasteiger charge is 2.42. The van der Waals surface area contributed by atoms with E-state index < -0.39 is 10.5 Å². The van der Waals surface area contributed by atoms with Gasteiger partial charge in [0.25, 0.3) is 5.69 Å². The molecule has 1 aliphatic carbocycles. The molecule has 15 heavy (non-hydrogen) atoms. The van der Waals surface area contributed by atoms with Gasteiger partial charge in [0.15, 0.2) is 0 Å². The summed E-state index contributed by atoms with van der Waals surface area (Å²) in [4.78, 5) is 10.2. The summed E-state index contributed by atoms with van der Waals surface area (Å²) in [7, 11) is 1.54. The van der Waals surface area contributed by atoms with Crippen LogP contribution in [-0.2, 0) is 5.54 Å². The van der Waals surface area contributed by atoms with E-state index in [2.05, 4.69) is 0 Å². The number of nitro benzene ring substituents is 1. The number of nitrogens with two attached hydrogens (primary N) is 1. The van der Waals surface area contributed by atoms with Gasteiger partial charge < -0.3 is 10.5 Å². The van der Waals surface area contributed by atoms with Crippen molar-refractivity contribution in [1.29, 1.82) is 0 Å². The van der Waals surface area contributed by atoms with Crippen LogP contribution in [0.1, 0.15) is 18.4 Å². The van der Waals surface area contributed by atoms with Crippen molar-refractivity contribution in [3.05, 3.63) is 33.9 Å². The molecule has 80 valence electrons. The Bertz CT molecular complexity index is 413. The van der Waals surface area contributed by atoms with Crippen LogP contribution in [0.4, 0.5) is 5.69 Å². The van der Waals surface area contributed by atoms with Crippen molar-refractivity contribution >= 4 is 5.69 Å². The number of hydrogen-bond acceptors (Lipinski definition) is 4. The van der Waals surface area contributed by atoms with Gasteiger partial charge in [-0.15, -0.1) is 0 Å². The number of nitrogens with zero attached hydrogens (tertiary/aromatic N) is 1. The van der Waals surface area contributed by atoms with E-state index in [0.29, 0.717) is 5.75 Å². The zero-order valence-electron chi connectivity index (χ0n) is 8.40. The van der Waals surface area contributed by atoms with Crippen molar-refractivity contribution in [2.75, 3.05) is 7.11 Å². The number of non-ortho nitro benzene ring substituents is 1. The van der Waals surface area contributed by atoms with Crippen molar-refractivity contribution in [3.63, 3.8) is 0 Å². The average molecular weight is 208 g/mol. The van der Waals surface area contributed by atoms with Gasteiger partial charge in [0.1, 0.15) is 5.75 Å². The molecule has 1 aromatic carbocycles. The number of nitro groups is 1. The summed E-state index contributed by atoms with van der Waals surface area (Å²) in [6, 6.07) is 4.53. The van der Waals surface area contributed by atoms with Gasteiger partial charge in [0.2, 0.25) is 0 Å². The Labute approximate surface area is 87.0 Å². The molecule has 0 saturated heterocycles. The summed E-state index contributed by atoms with van der Waals surface area (Å²) >= 11 is 0. The maximum absolute atomic E-state index is 10.6. The van der Waals surface area contributed by atoms with Gasteiger partial charge in [0.05, 0.1) is 12.0 Å². The molecule has 2 N–H and O–H groups in total. The van der Waals surface area contributed by atoms with Crippen LogP contribution in [0.2, 0.25) is 0 Å². The maximum Gasteiger partial charge on any atom is 0.270 e. The van der Waals surface area contributed by atoms with Crippen molar-refractivity contribution < 1.29 is 9.66 Å². The normalized spacial score (nSPS) is 17.2. The van der Waals surface area contributed by atoms with Gasteiger partial charge in [-0.1, -0.05) is 0 Å². The lowest BCUT2D eigenvalue weighted by molar-refractivity contribution is -0.385. The minimum absolute atomic E-state index is 0.0579. The molecule has 0 spiro atoms. The van der Waals surface area contributed by atoms with E-state index in [9.17, 15) is 10.1 Å². The fourth-order valence-corrected chi connectivity index (χ4v) is 1.60. The smallest absolute Gasteiger partial charge is 0.270 e. The van der Waals surface area contributed by atoms with Crippen LogP contribution < -0.4 is 10.5 Å². The summed E-state index contributed by atoms with van der Waals surface area (Å²) in [6.45, 7) is 0. The Morgan fingerprint density at radius 1 is 1.53 bits per heavy atom. The first-order chi connectivity index (χ1) is 7.07. The van der Waals surface area contributed by atoms with E-state index in [1.165, 1.54) is 19.2 Å². The third-order valence-electron chi connectivity index (χ3n) is 2.72. The van der Waals surface area contributed by atoms with Crippen molar-refractivity contribution in [1.82, 2.24) is 0 Å². The molecular formula is C10H12N2O3. The van der Waals surface area contributed by atoms with Crippen LogP contribution in [0.5, 0.6) is 5.75 Å². The Morgan fingerprint density at radius 2 is 2.20 bits per heavy atom. The second kappa shape index (κ2) is 3.20. The molecule has 0 amide bonds. The fraction of sp³-hybridized carbons (Fsp3) is 0.400. The molecule has 1 fully saturated rings. The van der Waals surface area contributed by atoms with Gasteiger partial charge in [-0.3, -0.25) is 10.1 Å². The summed E-state index contributed by atoms with van der Waals surface area (Å²) in [6.07, 6.45) is 1.70. The van der Waals surface area contributed by atoms with Gasteiger partial charge >= 0.3 is 0 Å². The largest absolute Gasteiger partial charge is 0.496 e. The van der Waals surface area contributed by atoms with E-state index in [0.717, 1.165) is 18.4 Å². The van der Waals surface area contributed by atoms with E-state index >= 15 is 0 Å². The van der Waals surface area contributed by atoms with Crippen LogP contribution >= 0.6 is 0 Å². The molecule has 5 nitrogen and oxygen atoms in total. The Balaban J connectivity index is 2.48. The lowest BCUT2D eigenvalue weighted by atomic mass is 10.0. The third kappa shape index (κ3) is 1.66. The fourth-order valence-electron chi connectivity index (χ4n) is 1.60. The van der Waals surface area contributed by atoms with Crippen LogP contribution in [0, 0.1) is 10.1 Å². The maximum atomic E-state index is 10.6. The second-order valence-corrected chi connectivity index (χ2v) is 3.80. The molecule has 0 bridgehead atoms. The van der Waals surface area contributed by atoms with E-state index in [1.54, 1.807) is 6.07 Å². The average Bonchev–Trinajstić information content (AvgIpc) is 2.96. The topological polar surface area (TPSA) is 78.4 Å². The summed E-state index contributed by atoms with van der Waals surface area (Å²) in [5.41, 5.74) is 6.38. The van der Waals surface area contributed by atoms with E-state index in [4.69, 9.17) is 10.5 Å².